The molecule has 1 amide bonds. The molecule has 0 saturated carbocycles. The number of hydrogen-bond donors (Lipinski definition) is 2. The minimum absolute atomic E-state index is 0.00970. The van der Waals surface area contributed by atoms with E-state index in [4.69, 9.17) is 0 Å². The van der Waals surface area contributed by atoms with E-state index in [-0.39, 0.29) is 27.9 Å². The maximum absolute atomic E-state index is 13.3. The van der Waals surface area contributed by atoms with Crippen LogP contribution in [0.5, 0.6) is 0 Å². The minimum Gasteiger partial charge on any atom is -0.349 e. The summed E-state index contributed by atoms with van der Waals surface area (Å²) in [7, 11) is -3.79. The van der Waals surface area contributed by atoms with E-state index in [1.165, 1.54) is 16.4 Å². The molecule has 2 aromatic rings. The zero-order valence-corrected chi connectivity index (χ0v) is 19.8. The highest BCUT2D eigenvalue weighted by atomic mass is 32.2. The average molecular weight is 444 g/mol. The van der Waals surface area contributed by atoms with Crippen molar-refractivity contribution < 1.29 is 13.2 Å². The molecule has 1 aliphatic rings. The molecule has 0 bridgehead atoms. The Balaban J connectivity index is 1.83. The summed E-state index contributed by atoms with van der Waals surface area (Å²) in [5.41, 5.74) is 0.753. The number of hydrogen-bond acceptors (Lipinski definition) is 4. The topological polar surface area (TPSA) is 78.5 Å². The van der Waals surface area contributed by atoms with Crippen molar-refractivity contribution in [1.29, 1.82) is 0 Å². The predicted molar refractivity (Wildman–Crippen MR) is 125 cm³/mol. The van der Waals surface area contributed by atoms with Gasteiger partial charge in [-0.1, -0.05) is 24.3 Å². The standard InChI is InChI=1S/C24H33N3O3S/c1-6-27(20-12-8-7-9-13-20)31(29,30)21-14-10-11-18(15-21)22(28)25-19-16-23(2,3)26-24(4,5)17-19/h7-15,19,26H,6,16-17H2,1-5H3,(H,25,28). The van der Waals surface area contributed by atoms with Gasteiger partial charge in [0.1, 0.15) is 0 Å². The third-order valence-corrected chi connectivity index (χ3v) is 7.44. The van der Waals surface area contributed by atoms with Crippen LogP contribution in [0, 0.1) is 0 Å². The first-order valence-electron chi connectivity index (χ1n) is 10.7. The quantitative estimate of drug-likeness (QED) is 0.709. The lowest BCUT2D eigenvalue weighted by atomic mass is 9.79. The molecule has 1 aliphatic heterocycles. The van der Waals surface area contributed by atoms with Gasteiger partial charge in [-0.3, -0.25) is 9.10 Å². The number of sulfonamides is 1. The molecule has 0 radical (unpaired) electrons. The number of nitrogens with zero attached hydrogens (tertiary/aromatic N) is 1. The van der Waals surface area contributed by atoms with E-state index in [0.29, 0.717) is 17.8 Å². The summed E-state index contributed by atoms with van der Waals surface area (Å²) in [6.07, 6.45) is 1.61. The van der Waals surface area contributed by atoms with Crippen LogP contribution in [-0.2, 0) is 10.0 Å². The van der Waals surface area contributed by atoms with Crippen molar-refractivity contribution in [2.24, 2.45) is 0 Å². The molecule has 1 heterocycles. The van der Waals surface area contributed by atoms with Crippen LogP contribution in [0.25, 0.3) is 0 Å². The molecule has 0 aromatic heterocycles. The SMILES string of the molecule is CCN(c1ccccc1)S(=O)(=O)c1cccc(C(=O)NC2CC(C)(C)NC(C)(C)C2)c1. The molecule has 7 heteroatoms. The second-order valence-electron chi connectivity index (χ2n) is 9.50. The maximum Gasteiger partial charge on any atom is 0.264 e. The first kappa shape index (κ1) is 23.3. The van der Waals surface area contributed by atoms with Crippen molar-refractivity contribution in [2.75, 3.05) is 10.8 Å². The molecule has 0 aliphatic carbocycles. The van der Waals surface area contributed by atoms with Gasteiger partial charge in [-0.15, -0.1) is 0 Å². The second kappa shape index (κ2) is 8.63. The van der Waals surface area contributed by atoms with E-state index in [9.17, 15) is 13.2 Å². The van der Waals surface area contributed by atoms with Gasteiger partial charge in [0.2, 0.25) is 0 Å². The molecular weight excluding hydrogens is 410 g/mol. The number of nitrogens with one attached hydrogen (secondary N) is 2. The minimum atomic E-state index is -3.79. The van der Waals surface area contributed by atoms with Gasteiger partial charge in [-0.2, -0.15) is 0 Å². The lowest BCUT2D eigenvalue weighted by Gasteiger charge is -2.46. The van der Waals surface area contributed by atoms with Gasteiger partial charge < -0.3 is 10.6 Å². The molecule has 6 nitrogen and oxygen atoms in total. The summed E-state index contributed by atoms with van der Waals surface area (Å²) in [4.78, 5) is 13.1. The van der Waals surface area contributed by atoms with Gasteiger partial charge in [-0.05, 0) is 77.8 Å². The second-order valence-corrected chi connectivity index (χ2v) is 11.4. The fourth-order valence-electron chi connectivity index (χ4n) is 4.70. The van der Waals surface area contributed by atoms with Crippen LogP contribution in [-0.4, -0.2) is 38.0 Å². The van der Waals surface area contributed by atoms with Crippen LogP contribution >= 0.6 is 0 Å². The molecule has 1 fully saturated rings. The molecule has 31 heavy (non-hydrogen) atoms. The molecule has 3 rings (SSSR count). The fraction of sp³-hybridized carbons (Fsp3) is 0.458. The van der Waals surface area contributed by atoms with Crippen LogP contribution in [0.3, 0.4) is 0 Å². The summed E-state index contributed by atoms with van der Waals surface area (Å²) < 4.78 is 27.9. The number of piperidine rings is 1. The summed E-state index contributed by atoms with van der Waals surface area (Å²) in [5, 5.41) is 6.71. The normalized spacial score (nSPS) is 18.4. The van der Waals surface area contributed by atoms with Crippen molar-refractivity contribution in [3.8, 4) is 0 Å². The third-order valence-electron chi connectivity index (χ3n) is 5.54. The number of carbonyl (C=O) groups is 1. The number of anilines is 1. The molecule has 2 aromatic carbocycles. The molecule has 0 unspecified atom stereocenters. The number of para-hydroxylation sites is 1. The van der Waals surface area contributed by atoms with Gasteiger partial charge in [0, 0.05) is 29.2 Å². The van der Waals surface area contributed by atoms with Crippen LogP contribution in [0.2, 0.25) is 0 Å². The molecule has 0 spiro atoms. The van der Waals surface area contributed by atoms with Crippen molar-refractivity contribution >= 4 is 21.6 Å². The van der Waals surface area contributed by atoms with Gasteiger partial charge in [0.15, 0.2) is 0 Å². The maximum atomic E-state index is 13.3. The van der Waals surface area contributed by atoms with E-state index in [1.54, 1.807) is 43.3 Å². The fourth-order valence-corrected chi connectivity index (χ4v) is 6.22. The van der Waals surface area contributed by atoms with E-state index in [1.807, 2.05) is 6.07 Å². The Kier molecular flexibility index (Phi) is 6.48. The summed E-state index contributed by atoms with van der Waals surface area (Å²) in [6.45, 7) is 10.6. The highest BCUT2D eigenvalue weighted by Gasteiger charge is 2.38. The number of carbonyl (C=O) groups excluding carboxylic acids is 1. The summed E-state index contributed by atoms with van der Waals surface area (Å²) in [6, 6.07) is 15.3. The molecule has 2 N–H and O–H groups in total. The van der Waals surface area contributed by atoms with Gasteiger partial charge in [0.25, 0.3) is 15.9 Å². The first-order valence-corrected chi connectivity index (χ1v) is 12.2. The Labute approximate surface area is 186 Å². The van der Waals surface area contributed by atoms with Crippen molar-refractivity contribution in [3.05, 3.63) is 60.2 Å². The molecule has 0 atom stereocenters. The van der Waals surface area contributed by atoms with E-state index < -0.39 is 10.0 Å². The third kappa shape index (κ3) is 5.46. The average Bonchev–Trinajstić information content (AvgIpc) is 2.67. The van der Waals surface area contributed by atoms with E-state index in [0.717, 1.165) is 12.8 Å². The van der Waals surface area contributed by atoms with Crippen molar-refractivity contribution in [1.82, 2.24) is 10.6 Å². The zero-order valence-electron chi connectivity index (χ0n) is 19.0. The monoisotopic (exact) mass is 443 g/mol. The number of rotatable bonds is 6. The van der Waals surface area contributed by atoms with E-state index >= 15 is 0 Å². The zero-order chi connectivity index (χ0) is 22.9. The van der Waals surface area contributed by atoms with Crippen LogP contribution in [0.4, 0.5) is 5.69 Å². The van der Waals surface area contributed by atoms with Gasteiger partial charge in [-0.25, -0.2) is 8.42 Å². The number of benzene rings is 2. The Bertz CT molecular complexity index is 1020. The predicted octanol–water partition coefficient (Wildman–Crippen LogP) is 3.94. The first-order chi connectivity index (χ1) is 14.4. The van der Waals surface area contributed by atoms with Crippen molar-refractivity contribution in [2.45, 2.75) is 69.5 Å². The Hall–Kier alpha value is -2.38. The largest absolute Gasteiger partial charge is 0.349 e. The lowest BCUT2D eigenvalue weighted by molar-refractivity contribution is 0.0873. The highest BCUT2D eigenvalue weighted by molar-refractivity contribution is 7.92. The Morgan fingerprint density at radius 3 is 2.23 bits per heavy atom. The summed E-state index contributed by atoms with van der Waals surface area (Å²) in [5.74, 6) is -0.252. The molecular formula is C24H33N3O3S. The lowest BCUT2D eigenvalue weighted by Crippen LogP contribution is -2.62. The van der Waals surface area contributed by atoms with Crippen LogP contribution < -0.4 is 14.9 Å². The van der Waals surface area contributed by atoms with Gasteiger partial charge >= 0.3 is 0 Å². The molecule has 168 valence electrons. The van der Waals surface area contributed by atoms with Crippen LogP contribution in [0.15, 0.2) is 59.5 Å². The van der Waals surface area contributed by atoms with E-state index in [2.05, 4.69) is 38.3 Å². The summed E-state index contributed by atoms with van der Waals surface area (Å²) >= 11 is 0. The Morgan fingerprint density at radius 1 is 1.03 bits per heavy atom. The smallest absolute Gasteiger partial charge is 0.264 e. The van der Waals surface area contributed by atoms with Crippen LogP contribution in [0.1, 0.15) is 57.8 Å². The highest BCUT2D eigenvalue weighted by Crippen LogP contribution is 2.29. The molecule has 1 saturated heterocycles. The van der Waals surface area contributed by atoms with Crippen molar-refractivity contribution in [3.63, 3.8) is 0 Å². The van der Waals surface area contributed by atoms with Gasteiger partial charge in [0.05, 0.1) is 10.6 Å². The number of amides is 1. The Morgan fingerprint density at radius 2 is 1.65 bits per heavy atom.